The Labute approximate surface area is 175 Å². The number of nitrogens with zero attached hydrogens (tertiary/aromatic N) is 2. The molecule has 0 radical (unpaired) electrons. The summed E-state index contributed by atoms with van der Waals surface area (Å²) in [5.41, 5.74) is 1.06. The maximum atomic E-state index is 6.65. The standard InChI is InChI=1S/C18H25Cl4N2S/c1-14(2)24(15-8-4-3-5-9-15)13-18(21,22)25-23-11-7-6-10-16(19)17(20)12-23/h3-5,8-9,13-14,16-17H,6-7,10-12H2,1-2H3/q+1. The molecule has 0 bridgehead atoms. The fraction of sp³-hybridized carbons (Fsp3) is 0.611. The fourth-order valence-corrected chi connectivity index (χ4v) is 5.14. The highest BCUT2D eigenvalue weighted by atomic mass is 35.5. The number of hydrogen-bond donors (Lipinski definition) is 0. The summed E-state index contributed by atoms with van der Waals surface area (Å²) in [6.07, 6.45) is 4.97. The molecule has 140 valence electrons. The highest BCUT2D eigenvalue weighted by Crippen LogP contribution is 2.38. The Kier molecular flexibility index (Phi) is 8.71. The third-order valence-corrected chi connectivity index (χ3v) is 6.70. The largest absolute Gasteiger partial charge is 0.253 e. The summed E-state index contributed by atoms with van der Waals surface area (Å²) in [5, 5.41) is -0.112. The van der Waals surface area contributed by atoms with Crippen LogP contribution in [-0.4, -0.2) is 48.6 Å². The van der Waals surface area contributed by atoms with Gasteiger partial charge in [0.2, 0.25) is 5.69 Å². The maximum Gasteiger partial charge on any atom is 0.253 e. The molecule has 0 spiro atoms. The van der Waals surface area contributed by atoms with Gasteiger partial charge in [-0.05, 0) is 38.6 Å². The Hall–Kier alpha value is 0.360. The smallest absolute Gasteiger partial charge is 0.246 e. The van der Waals surface area contributed by atoms with E-state index in [9.17, 15) is 0 Å². The van der Waals surface area contributed by atoms with Crippen molar-refractivity contribution in [1.29, 1.82) is 0 Å². The number of alkyl halides is 4. The summed E-state index contributed by atoms with van der Waals surface area (Å²) in [4.78, 5) is 0. The van der Waals surface area contributed by atoms with E-state index in [1.165, 1.54) is 11.9 Å². The summed E-state index contributed by atoms with van der Waals surface area (Å²) in [6.45, 7) is 5.80. The van der Waals surface area contributed by atoms with Crippen molar-refractivity contribution in [3.05, 3.63) is 30.3 Å². The lowest BCUT2D eigenvalue weighted by Crippen LogP contribution is -2.36. The number of benzene rings is 1. The van der Waals surface area contributed by atoms with Crippen molar-refractivity contribution in [1.82, 2.24) is 4.31 Å². The lowest BCUT2D eigenvalue weighted by Gasteiger charge is -2.30. The van der Waals surface area contributed by atoms with E-state index in [0.717, 1.165) is 31.5 Å². The van der Waals surface area contributed by atoms with Gasteiger partial charge in [0.15, 0.2) is 12.3 Å². The van der Waals surface area contributed by atoms with Crippen LogP contribution in [0, 0.1) is 0 Å². The first-order valence-corrected chi connectivity index (χ1v) is 11.0. The highest BCUT2D eigenvalue weighted by molar-refractivity contribution is 8.01. The van der Waals surface area contributed by atoms with E-state index < -0.39 is 3.67 Å². The van der Waals surface area contributed by atoms with Gasteiger partial charge >= 0.3 is 0 Å². The van der Waals surface area contributed by atoms with Gasteiger partial charge in [-0.2, -0.15) is 4.58 Å². The van der Waals surface area contributed by atoms with E-state index in [1.807, 2.05) is 36.5 Å². The van der Waals surface area contributed by atoms with Crippen LogP contribution in [0.25, 0.3) is 0 Å². The molecule has 1 aliphatic heterocycles. The molecule has 0 saturated carbocycles. The molecule has 0 N–H and O–H groups in total. The van der Waals surface area contributed by atoms with Gasteiger partial charge in [0, 0.05) is 25.2 Å². The zero-order chi connectivity index (χ0) is 18.4. The molecule has 25 heavy (non-hydrogen) atoms. The summed E-state index contributed by atoms with van der Waals surface area (Å²) in [6, 6.07) is 10.3. The first-order chi connectivity index (χ1) is 11.8. The Balaban J connectivity index is 2.15. The van der Waals surface area contributed by atoms with E-state index in [4.69, 9.17) is 46.4 Å². The van der Waals surface area contributed by atoms with Crippen LogP contribution in [0.15, 0.2) is 30.3 Å². The minimum absolute atomic E-state index is 0.00872. The van der Waals surface area contributed by atoms with Crippen LogP contribution in [0.3, 0.4) is 0 Å². The lowest BCUT2D eigenvalue weighted by atomic mass is 10.1. The SMILES string of the molecule is CC(C)[N+](=CC(Cl)(Cl)SN1CCCCC(Cl)C(Cl)C1)c1ccccc1. The summed E-state index contributed by atoms with van der Waals surface area (Å²) in [7, 11) is 0. The maximum absolute atomic E-state index is 6.65. The first-order valence-electron chi connectivity index (χ1n) is 8.58. The molecule has 2 atom stereocenters. The molecular formula is C18H25Cl4N2S+. The molecule has 1 fully saturated rings. The zero-order valence-electron chi connectivity index (χ0n) is 14.5. The van der Waals surface area contributed by atoms with Crippen LogP contribution in [0.1, 0.15) is 33.1 Å². The Bertz CT molecular complexity index is 565. The number of halogens is 4. The van der Waals surface area contributed by atoms with Crippen molar-refractivity contribution in [3.8, 4) is 0 Å². The molecule has 0 aliphatic carbocycles. The third-order valence-electron chi connectivity index (χ3n) is 4.06. The van der Waals surface area contributed by atoms with Gasteiger partial charge in [-0.25, -0.2) is 4.31 Å². The zero-order valence-corrected chi connectivity index (χ0v) is 18.4. The summed E-state index contributed by atoms with van der Waals surface area (Å²) in [5.74, 6) is 0. The summed E-state index contributed by atoms with van der Waals surface area (Å²) >= 11 is 27.5. The molecule has 1 heterocycles. The quantitative estimate of drug-likeness (QED) is 0.228. The highest BCUT2D eigenvalue weighted by Gasteiger charge is 2.34. The molecule has 2 rings (SSSR count). The van der Waals surface area contributed by atoms with Gasteiger partial charge < -0.3 is 0 Å². The van der Waals surface area contributed by atoms with Crippen LogP contribution >= 0.6 is 58.4 Å². The molecule has 7 heteroatoms. The van der Waals surface area contributed by atoms with E-state index >= 15 is 0 Å². The van der Waals surface area contributed by atoms with Gasteiger partial charge in [-0.1, -0.05) is 47.8 Å². The van der Waals surface area contributed by atoms with E-state index in [2.05, 4.69) is 22.7 Å². The van der Waals surface area contributed by atoms with Crippen LogP contribution in [0.5, 0.6) is 0 Å². The predicted octanol–water partition coefficient (Wildman–Crippen LogP) is 6.29. The molecule has 0 aromatic heterocycles. The number of hydrogen-bond acceptors (Lipinski definition) is 2. The predicted molar refractivity (Wildman–Crippen MR) is 114 cm³/mol. The third kappa shape index (κ3) is 7.12. The molecule has 1 aromatic rings. The Morgan fingerprint density at radius 1 is 1.16 bits per heavy atom. The van der Waals surface area contributed by atoms with E-state index in [1.54, 1.807) is 0 Å². The second kappa shape index (κ2) is 10.1. The van der Waals surface area contributed by atoms with Crippen LogP contribution in [0.4, 0.5) is 5.69 Å². The van der Waals surface area contributed by atoms with Gasteiger partial charge in [-0.3, -0.25) is 0 Å². The van der Waals surface area contributed by atoms with Crippen molar-refractivity contribution >= 4 is 70.3 Å². The Morgan fingerprint density at radius 2 is 1.84 bits per heavy atom. The molecule has 1 aromatic carbocycles. The van der Waals surface area contributed by atoms with Crippen molar-refractivity contribution < 1.29 is 4.58 Å². The molecular weight excluding hydrogens is 418 g/mol. The normalized spacial score (nSPS) is 24.2. The van der Waals surface area contributed by atoms with Crippen LogP contribution in [-0.2, 0) is 0 Å². The first kappa shape index (κ1) is 21.7. The molecule has 0 amide bonds. The van der Waals surface area contributed by atoms with Crippen molar-refractivity contribution in [3.63, 3.8) is 0 Å². The molecule has 1 saturated heterocycles. The monoisotopic (exact) mass is 441 g/mol. The summed E-state index contributed by atoms with van der Waals surface area (Å²) < 4.78 is 3.16. The van der Waals surface area contributed by atoms with E-state index in [0.29, 0.717) is 6.54 Å². The molecule has 2 nitrogen and oxygen atoms in total. The van der Waals surface area contributed by atoms with Crippen molar-refractivity contribution in [2.24, 2.45) is 0 Å². The lowest BCUT2D eigenvalue weighted by molar-refractivity contribution is -0.471. The minimum atomic E-state index is -1.09. The van der Waals surface area contributed by atoms with Crippen LogP contribution in [0.2, 0.25) is 0 Å². The topological polar surface area (TPSA) is 6.25 Å². The minimum Gasteiger partial charge on any atom is -0.246 e. The molecule has 1 aliphatic rings. The fourth-order valence-electron chi connectivity index (χ4n) is 2.77. The van der Waals surface area contributed by atoms with Gasteiger partial charge in [0.25, 0.3) is 3.67 Å². The average Bonchev–Trinajstić information content (AvgIpc) is 2.55. The van der Waals surface area contributed by atoms with Gasteiger partial charge in [0.05, 0.1) is 10.8 Å². The number of rotatable bonds is 5. The van der Waals surface area contributed by atoms with Gasteiger partial charge in [0.1, 0.15) is 0 Å². The second-order valence-electron chi connectivity index (χ2n) is 6.53. The molecule has 2 unspecified atom stereocenters. The van der Waals surface area contributed by atoms with Crippen LogP contribution < -0.4 is 0 Å². The van der Waals surface area contributed by atoms with Crippen molar-refractivity contribution in [2.75, 3.05) is 13.1 Å². The Morgan fingerprint density at radius 3 is 2.48 bits per heavy atom. The van der Waals surface area contributed by atoms with E-state index in [-0.39, 0.29) is 16.8 Å². The van der Waals surface area contributed by atoms with Gasteiger partial charge in [-0.15, -0.1) is 23.2 Å². The van der Waals surface area contributed by atoms with Crippen molar-refractivity contribution in [2.45, 2.75) is 53.6 Å². The average molecular weight is 443 g/mol. The second-order valence-corrected chi connectivity index (χ2v) is 10.8. The number of para-hydroxylation sites is 1.